The molecule has 1 heterocycles. The Morgan fingerprint density at radius 2 is 2.12 bits per heavy atom. The number of likely N-dealkylation sites (tertiary alicyclic amines) is 1. The zero-order valence-corrected chi connectivity index (χ0v) is 12.1. The number of β-amino-alcohol motifs (C(OH)–C–C–N with tert-alkyl or cyclic N) is 1. The molecule has 2 N–H and O–H groups in total. The van der Waals surface area contributed by atoms with E-state index in [0.29, 0.717) is 0 Å². The summed E-state index contributed by atoms with van der Waals surface area (Å²) in [5, 5.41) is 13.6. The van der Waals surface area contributed by atoms with Crippen molar-refractivity contribution in [2.45, 2.75) is 52.6 Å². The summed E-state index contributed by atoms with van der Waals surface area (Å²) < 4.78 is 0. The zero-order chi connectivity index (χ0) is 12.9. The van der Waals surface area contributed by atoms with E-state index in [0.717, 1.165) is 45.6 Å². The molecule has 1 atom stereocenters. The van der Waals surface area contributed by atoms with Crippen molar-refractivity contribution in [2.24, 2.45) is 5.41 Å². The Balaban J connectivity index is 2.35. The van der Waals surface area contributed by atoms with Crippen LogP contribution in [0.4, 0.5) is 0 Å². The maximum atomic E-state index is 10.1. The van der Waals surface area contributed by atoms with E-state index < -0.39 is 5.60 Å². The van der Waals surface area contributed by atoms with Crippen molar-refractivity contribution in [3.8, 4) is 0 Å². The molecule has 1 aliphatic rings. The van der Waals surface area contributed by atoms with E-state index in [1.54, 1.807) is 0 Å². The van der Waals surface area contributed by atoms with Gasteiger partial charge in [-0.15, -0.1) is 0 Å². The van der Waals surface area contributed by atoms with E-state index >= 15 is 0 Å². The predicted octanol–water partition coefficient (Wildman–Crippen LogP) is 1.86. The molecule has 17 heavy (non-hydrogen) atoms. The molecule has 0 spiro atoms. The zero-order valence-electron chi connectivity index (χ0n) is 12.1. The first-order chi connectivity index (χ1) is 7.85. The van der Waals surface area contributed by atoms with Gasteiger partial charge in [-0.1, -0.05) is 20.8 Å². The molecule has 102 valence electrons. The number of hydrogen-bond donors (Lipinski definition) is 2. The van der Waals surface area contributed by atoms with E-state index in [2.05, 4.69) is 31.0 Å². The van der Waals surface area contributed by atoms with Crippen LogP contribution in [0.3, 0.4) is 0 Å². The SMILES string of the molecule is CCCNCC(C)(C)CN1CCCC(C)(O)C1. The molecule has 1 saturated heterocycles. The summed E-state index contributed by atoms with van der Waals surface area (Å²) in [4.78, 5) is 2.41. The summed E-state index contributed by atoms with van der Waals surface area (Å²) in [5.74, 6) is 0. The fraction of sp³-hybridized carbons (Fsp3) is 1.00. The van der Waals surface area contributed by atoms with Gasteiger partial charge in [0.05, 0.1) is 5.60 Å². The number of hydrogen-bond acceptors (Lipinski definition) is 3. The smallest absolute Gasteiger partial charge is 0.0746 e. The Kier molecular flexibility index (Phi) is 5.42. The van der Waals surface area contributed by atoms with Gasteiger partial charge in [0.25, 0.3) is 0 Å². The molecule has 3 nitrogen and oxygen atoms in total. The van der Waals surface area contributed by atoms with Gasteiger partial charge in [-0.05, 0) is 44.7 Å². The van der Waals surface area contributed by atoms with Gasteiger partial charge in [0, 0.05) is 19.6 Å². The molecule has 0 aliphatic carbocycles. The lowest BCUT2D eigenvalue weighted by atomic mass is 9.89. The first kappa shape index (κ1) is 14.9. The van der Waals surface area contributed by atoms with Crippen molar-refractivity contribution in [1.82, 2.24) is 10.2 Å². The fourth-order valence-corrected chi connectivity index (χ4v) is 2.72. The third-order valence-corrected chi connectivity index (χ3v) is 3.44. The number of nitrogens with one attached hydrogen (secondary N) is 1. The van der Waals surface area contributed by atoms with Crippen LogP contribution in [0.25, 0.3) is 0 Å². The van der Waals surface area contributed by atoms with Gasteiger partial charge in [0.2, 0.25) is 0 Å². The summed E-state index contributed by atoms with van der Waals surface area (Å²) in [5.41, 5.74) is -0.201. The van der Waals surface area contributed by atoms with Crippen LogP contribution >= 0.6 is 0 Å². The van der Waals surface area contributed by atoms with Gasteiger partial charge >= 0.3 is 0 Å². The van der Waals surface area contributed by atoms with Crippen LogP contribution in [0, 0.1) is 5.41 Å². The molecule has 0 amide bonds. The van der Waals surface area contributed by atoms with Gasteiger partial charge in [-0.25, -0.2) is 0 Å². The van der Waals surface area contributed by atoms with Crippen molar-refractivity contribution < 1.29 is 5.11 Å². The Morgan fingerprint density at radius 1 is 1.41 bits per heavy atom. The summed E-state index contributed by atoms with van der Waals surface area (Å²) in [6.45, 7) is 13.9. The number of piperidine rings is 1. The highest BCUT2D eigenvalue weighted by Crippen LogP contribution is 2.24. The molecule has 0 bridgehead atoms. The average Bonchev–Trinajstić information content (AvgIpc) is 2.15. The Hall–Kier alpha value is -0.120. The van der Waals surface area contributed by atoms with Gasteiger partial charge in [0.1, 0.15) is 0 Å². The van der Waals surface area contributed by atoms with Crippen molar-refractivity contribution in [2.75, 3.05) is 32.7 Å². The molecule has 0 saturated carbocycles. The van der Waals surface area contributed by atoms with Crippen molar-refractivity contribution >= 4 is 0 Å². The molecular weight excluding hydrogens is 212 g/mol. The molecule has 1 aliphatic heterocycles. The van der Waals surface area contributed by atoms with Crippen LogP contribution in [0.15, 0.2) is 0 Å². The van der Waals surface area contributed by atoms with Gasteiger partial charge in [0.15, 0.2) is 0 Å². The summed E-state index contributed by atoms with van der Waals surface area (Å²) in [7, 11) is 0. The monoisotopic (exact) mass is 242 g/mol. The summed E-state index contributed by atoms with van der Waals surface area (Å²) >= 11 is 0. The molecule has 0 aromatic rings. The van der Waals surface area contributed by atoms with Gasteiger partial charge in [-0.3, -0.25) is 4.90 Å². The first-order valence-electron chi connectivity index (χ1n) is 7.00. The lowest BCUT2D eigenvalue weighted by Crippen LogP contribution is -2.50. The number of aliphatic hydroxyl groups is 1. The van der Waals surface area contributed by atoms with Crippen molar-refractivity contribution in [3.63, 3.8) is 0 Å². The Morgan fingerprint density at radius 3 is 2.71 bits per heavy atom. The molecular formula is C14H30N2O. The van der Waals surface area contributed by atoms with E-state index in [4.69, 9.17) is 0 Å². The van der Waals surface area contributed by atoms with Crippen LogP contribution in [0.1, 0.15) is 47.0 Å². The van der Waals surface area contributed by atoms with E-state index in [1.807, 2.05) is 6.92 Å². The predicted molar refractivity (Wildman–Crippen MR) is 73.2 cm³/mol. The quantitative estimate of drug-likeness (QED) is 0.698. The minimum atomic E-state index is -0.481. The van der Waals surface area contributed by atoms with Gasteiger partial charge in [-0.2, -0.15) is 0 Å². The van der Waals surface area contributed by atoms with Crippen LogP contribution in [-0.2, 0) is 0 Å². The second-order valence-electron chi connectivity index (χ2n) is 6.65. The molecule has 0 aromatic heterocycles. The topological polar surface area (TPSA) is 35.5 Å². The van der Waals surface area contributed by atoms with Crippen LogP contribution in [0.5, 0.6) is 0 Å². The summed E-state index contributed by atoms with van der Waals surface area (Å²) in [6.07, 6.45) is 3.25. The average molecular weight is 242 g/mol. The third kappa shape index (κ3) is 5.84. The number of rotatable bonds is 6. The highest BCUT2D eigenvalue weighted by atomic mass is 16.3. The minimum absolute atomic E-state index is 0.280. The van der Waals surface area contributed by atoms with Crippen LogP contribution < -0.4 is 5.32 Å². The highest BCUT2D eigenvalue weighted by molar-refractivity contribution is 4.86. The molecule has 3 heteroatoms. The Labute approximate surface area is 107 Å². The van der Waals surface area contributed by atoms with Crippen LogP contribution in [-0.4, -0.2) is 48.3 Å². The second-order valence-corrected chi connectivity index (χ2v) is 6.65. The van der Waals surface area contributed by atoms with E-state index in [-0.39, 0.29) is 5.41 Å². The second kappa shape index (κ2) is 6.17. The lowest BCUT2D eigenvalue weighted by molar-refractivity contribution is -0.0253. The largest absolute Gasteiger partial charge is 0.389 e. The fourth-order valence-electron chi connectivity index (χ4n) is 2.72. The molecule has 1 fully saturated rings. The highest BCUT2D eigenvalue weighted by Gasteiger charge is 2.31. The van der Waals surface area contributed by atoms with E-state index in [9.17, 15) is 5.11 Å². The molecule has 1 rings (SSSR count). The van der Waals surface area contributed by atoms with Crippen molar-refractivity contribution in [1.29, 1.82) is 0 Å². The normalized spacial score (nSPS) is 27.4. The molecule has 0 aromatic carbocycles. The van der Waals surface area contributed by atoms with Gasteiger partial charge < -0.3 is 10.4 Å². The van der Waals surface area contributed by atoms with Crippen LogP contribution in [0.2, 0.25) is 0 Å². The summed E-state index contributed by atoms with van der Waals surface area (Å²) in [6, 6.07) is 0. The standard InChI is InChI=1S/C14H30N2O/c1-5-8-15-10-13(2,3)11-16-9-6-7-14(4,17)12-16/h15,17H,5-12H2,1-4H3. The minimum Gasteiger partial charge on any atom is -0.389 e. The molecule has 1 unspecified atom stereocenters. The Bertz CT molecular complexity index is 226. The van der Waals surface area contributed by atoms with E-state index in [1.165, 1.54) is 6.42 Å². The first-order valence-corrected chi connectivity index (χ1v) is 7.00. The third-order valence-electron chi connectivity index (χ3n) is 3.44. The number of nitrogens with zero attached hydrogens (tertiary/aromatic N) is 1. The maximum Gasteiger partial charge on any atom is 0.0746 e. The van der Waals surface area contributed by atoms with Crippen molar-refractivity contribution in [3.05, 3.63) is 0 Å². The lowest BCUT2D eigenvalue weighted by Gasteiger charge is -2.40. The maximum absolute atomic E-state index is 10.1. The molecule has 0 radical (unpaired) electrons.